The van der Waals surface area contributed by atoms with Gasteiger partial charge in [-0.2, -0.15) is 13.2 Å². The first-order valence-corrected chi connectivity index (χ1v) is 9.77. The van der Waals surface area contributed by atoms with Crippen LogP contribution in [0.15, 0.2) is 42.5 Å². The van der Waals surface area contributed by atoms with E-state index in [0.29, 0.717) is 12.8 Å². The lowest BCUT2D eigenvalue weighted by molar-refractivity contribution is -0.138. The fraction of sp³-hybridized carbons (Fsp3) is 0.364. The molecule has 0 atom stereocenters. The van der Waals surface area contributed by atoms with Gasteiger partial charge in [-0.1, -0.05) is 12.1 Å². The zero-order valence-electron chi connectivity index (χ0n) is 17.5. The maximum Gasteiger partial charge on any atom is 0.420 e. The summed E-state index contributed by atoms with van der Waals surface area (Å²) in [6.07, 6.45) is -3.51. The molecule has 1 aliphatic rings. The summed E-state index contributed by atoms with van der Waals surface area (Å²) in [6, 6.07) is 9.75. The van der Waals surface area contributed by atoms with Crippen molar-refractivity contribution < 1.29 is 37.0 Å². The Bertz CT molecular complexity index is 973. The molecule has 0 radical (unpaired) electrons. The number of nitrogens with one attached hydrogen (secondary N) is 2. The Labute approximate surface area is 182 Å². The second-order valence-electron chi connectivity index (χ2n) is 7.35. The summed E-state index contributed by atoms with van der Waals surface area (Å²) in [6.45, 7) is 0.0675. The number of carbonyl (C=O) groups is 2. The minimum atomic E-state index is -4.61. The summed E-state index contributed by atoms with van der Waals surface area (Å²) in [5.41, 5.74) is -1.13. The predicted molar refractivity (Wildman–Crippen MR) is 108 cm³/mol. The minimum absolute atomic E-state index is 0.0719. The number of amides is 2. The molecule has 1 fully saturated rings. The van der Waals surface area contributed by atoms with E-state index in [1.807, 2.05) is 0 Å². The average Bonchev–Trinajstić information content (AvgIpc) is 3.53. The van der Waals surface area contributed by atoms with E-state index in [4.69, 9.17) is 14.2 Å². The third-order valence-electron chi connectivity index (χ3n) is 4.94. The number of benzene rings is 2. The van der Waals surface area contributed by atoms with Gasteiger partial charge < -0.3 is 24.8 Å². The van der Waals surface area contributed by atoms with Crippen molar-refractivity contribution in [3.63, 3.8) is 0 Å². The number of hydrogen-bond acceptors (Lipinski definition) is 5. The predicted octanol–water partition coefficient (Wildman–Crippen LogP) is 3.42. The van der Waals surface area contributed by atoms with Gasteiger partial charge in [-0.15, -0.1) is 0 Å². The third kappa shape index (κ3) is 5.70. The molecule has 10 heteroatoms. The molecule has 2 amide bonds. The first kappa shape index (κ1) is 23.4. The van der Waals surface area contributed by atoms with Crippen LogP contribution in [0.4, 0.5) is 13.2 Å². The van der Waals surface area contributed by atoms with Crippen molar-refractivity contribution in [2.45, 2.75) is 31.1 Å². The quantitative estimate of drug-likeness (QED) is 0.609. The number of halogens is 3. The highest BCUT2D eigenvalue weighted by Crippen LogP contribution is 2.40. The van der Waals surface area contributed by atoms with Crippen LogP contribution in [0.5, 0.6) is 17.2 Å². The van der Waals surface area contributed by atoms with E-state index in [2.05, 4.69) is 10.6 Å². The number of carbonyl (C=O) groups excluding carboxylic acids is 2. The Balaban J connectivity index is 1.60. The van der Waals surface area contributed by atoms with E-state index >= 15 is 0 Å². The largest absolute Gasteiger partial charge is 0.497 e. The first-order valence-electron chi connectivity index (χ1n) is 9.77. The summed E-state index contributed by atoms with van der Waals surface area (Å²) in [4.78, 5) is 24.1. The molecule has 0 saturated heterocycles. The lowest BCUT2D eigenvalue weighted by Crippen LogP contribution is -2.49. The zero-order chi connectivity index (χ0) is 23.4. The van der Waals surface area contributed by atoms with Crippen LogP contribution in [0.2, 0.25) is 0 Å². The Kier molecular flexibility index (Phi) is 6.93. The molecule has 0 unspecified atom stereocenters. The van der Waals surface area contributed by atoms with Crippen LogP contribution < -0.4 is 20.1 Å². The van der Waals surface area contributed by atoms with Crippen molar-refractivity contribution in [1.82, 2.24) is 10.6 Å². The second kappa shape index (κ2) is 9.47. The molecular formula is C22H23F3N2O5. The monoisotopic (exact) mass is 452 g/mol. The van der Waals surface area contributed by atoms with Crippen LogP contribution in [0, 0.1) is 0 Å². The molecule has 0 spiro atoms. The van der Waals surface area contributed by atoms with Gasteiger partial charge in [0.2, 0.25) is 11.8 Å². The van der Waals surface area contributed by atoms with Gasteiger partial charge in [0.1, 0.15) is 35.0 Å². The fourth-order valence-electron chi connectivity index (χ4n) is 3.07. The third-order valence-corrected chi connectivity index (χ3v) is 4.94. The Hall–Kier alpha value is -3.27. The molecule has 2 aromatic carbocycles. The SMILES string of the molecule is COCC(=O)NC1(C(=O)NCc2ccc(Oc3ccc(OC)cc3C(F)(F)F)cc2)CC1. The molecule has 0 aromatic heterocycles. The molecule has 7 nitrogen and oxygen atoms in total. The summed E-state index contributed by atoms with van der Waals surface area (Å²) in [5.74, 6) is -0.723. The summed E-state index contributed by atoms with van der Waals surface area (Å²) in [7, 11) is 2.68. The lowest BCUT2D eigenvalue weighted by atomic mass is 10.1. The molecule has 3 rings (SSSR count). The maximum absolute atomic E-state index is 13.3. The van der Waals surface area contributed by atoms with Crippen molar-refractivity contribution >= 4 is 11.8 Å². The average molecular weight is 452 g/mol. The molecule has 2 aromatic rings. The topological polar surface area (TPSA) is 85.9 Å². The van der Waals surface area contributed by atoms with E-state index in [9.17, 15) is 22.8 Å². The van der Waals surface area contributed by atoms with Gasteiger partial charge in [-0.05, 0) is 48.7 Å². The number of hydrogen-bond donors (Lipinski definition) is 2. The summed E-state index contributed by atoms with van der Waals surface area (Å²) >= 11 is 0. The fourth-order valence-corrected chi connectivity index (χ4v) is 3.07. The van der Waals surface area contributed by atoms with Crippen molar-refractivity contribution in [2.75, 3.05) is 20.8 Å². The van der Waals surface area contributed by atoms with Gasteiger partial charge in [0.25, 0.3) is 0 Å². The Morgan fingerprint density at radius 1 is 1.03 bits per heavy atom. The lowest BCUT2D eigenvalue weighted by Gasteiger charge is -2.17. The minimum Gasteiger partial charge on any atom is -0.497 e. The van der Waals surface area contributed by atoms with Crippen molar-refractivity contribution in [3.8, 4) is 17.2 Å². The van der Waals surface area contributed by atoms with E-state index in [1.54, 1.807) is 12.1 Å². The second-order valence-corrected chi connectivity index (χ2v) is 7.35. The molecule has 32 heavy (non-hydrogen) atoms. The van der Waals surface area contributed by atoms with E-state index in [-0.39, 0.29) is 42.2 Å². The number of rotatable bonds is 9. The number of methoxy groups -OCH3 is 2. The molecule has 172 valence electrons. The molecular weight excluding hydrogens is 429 g/mol. The van der Waals surface area contributed by atoms with Gasteiger partial charge in [0.05, 0.1) is 7.11 Å². The molecule has 2 N–H and O–H groups in total. The molecule has 1 saturated carbocycles. The van der Waals surface area contributed by atoms with Gasteiger partial charge >= 0.3 is 6.18 Å². The van der Waals surface area contributed by atoms with Crippen molar-refractivity contribution in [3.05, 3.63) is 53.6 Å². The molecule has 1 aliphatic carbocycles. The van der Waals surface area contributed by atoms with Crippen LogP contribution in [0.3, 0.4) is 0 Å². The summed E-state index contributed by atoms with van der Waals surface area (Å²) < 4.78 is 55.0. The Morgan fingerprint density at radius 2 is 1.69 bits per heavy atom. The van der Waals surface area contributed by atoms with E-state index in [0.717, 1.165) is 11.6 Å². The van der Waals surface area contributed by atoms with E-state index < -0.39 is 17.3 Å². The highest BCUT2D eigenvalue weighted by atomic mass is 19.4. The maximum atomic E-state index is 13.3. The van der Waals surface area contributed by atoms with Gasteiger partial charge in [-0.3, -0.25) is 9.59 Å². The first-order chi connectivity index (χ1) is 15.2. The van der Waals surface area contributed by atoms with Crippen LogP contribution in [0.25, 0.3) is 0 Å². The smallest absolute Gasteiger partial charge is 0.420 e. The molecule has 0 heterocycles. The Morgan fingerprint density at radius 3 is 2.25 bits per heavy atom. The van der Waals surface area contributed by atoms with Crippen molar-refractivity contribution in [2.24, 2.45) is 0 Å². The van der Waals surface area contributed by atoms with Crippen LogP contribution >= 0.6 is 0 Å². The number of alkyl halides is 3. The van der Waals surface area contributed by atoms with E-state index in [1.165, 1.54) is 38.5 Å². The summed E-state index contributed by atoms with van der Waals surface area (Å²) in [5, 5.41) is 5.43. The molecule has 0 bridgehead atoms. The normalized spacial score (nSPS) is 14.4. The zero-order valence-corrected chi connectivity index (χ0v) is 17.5. The highest BCUT2D eigenvalue weighted by molar-refractivity contribution is 5.94. The van der Waals surface area contributed by atoms with Gasteiger partial charge in [0.15, 0.2) is 0 Å². The molecule has 0 aliphatic heterocycles. The van der Waals surface area contributed by atoms with Crippen molar-refractivity contribution in [1.29, 1.82) is 0 Å². The highest BCUT2D eigenvalue weighted by Gasteiger charge is 2.50. The number of ether oxygens (including phenoxy) is 3. The van der Waals surface area contributed by atoms with Gasteiger partial charge in [0, 0.05) is 13.7 Å². The van der Waals surface area contributed by atoms with Crippen LogP contribution in [-0.4, -0.2) is 38.2 Å². The van der Waals surface area contributed by atoms with Crippen LogP contribution in [0.1, 0.15) is 24.0 Å². The van der Waals surface area contributed by atoms with Gasteiger partial charge in [-0.25, -0.2) is 0 Å². The standard InChI is InChI=1S/C22H23F3N2O5/c1-30-13-19(28)27-21(9-10-21)20(29)26-12-14-3-5-15(6-4-14)32-18-8-7-16(31-2)11-17(18)22(23,24)25/h3-8,11H,9-10,12-13H2,1-2H3,(H,26,29)(H,27,28). The van der Waals surface area contributed by atoms with Crippen LogP contribution in [-0.2, 0) is 27.0 Å².